The Hall–Kier alpha value is -5.03. The van der Waals surface area contributed by atoms with Gasteiger partial charge in [-0.25, -0.2) is 0 Å². The van der Waals surface area contributed by atoms with E-state index in [1.807, 2.05) is 13.0 Å². The van der Waals surface area contributed by atoms with Crippen LogP contribution in [0.15, 0.2) is 48.5 Å². The molecule has 5 amide bonds. The smallest absolute Gasteiger partial charge is 0.243 e. The third-order valence-electron chi connectivity index (χ3n) is 7.63. The Bertz CT molecular complexity index is 1460. The number of benzene rings is 2. The molecule has 0 aliphatic rings. The van der Waals surface area contributed by atoms with Crippen LogP contribution in [-0.4, -0.2) is 98.5 Å². The Labute approximate surface area is 302 Å². The summed E-state index contributed by atoms with van der Waals surface area (Å²) < 4.78 is 10.6. The van der Waals surface area contributed by atoms with Gasteiger partial charge in [0.15, 0.2) is 17.5 Å². The highest BCUT2D eigenvalue weighted by Gasteiger charge is 2.28. The van der Waals surface area contributed by atoms with Gasteiger partial charge in [-0.2, -0.15) is 11.8 Å². The maximum absolute atomic E-state index is 13.3. The molecule has 16 nitrogen and oxygen atoms in total. The van der Waals surface area contributed by atoms with Crippen molar-refractivity contribution in [3.05, 3.63) is 59.7 Å². The lowest BCUT2D eigenvalue weighted by molar-refractivity contribution is -0.132. The zero-order valence-electron chi connectivity index (χ0n) is 29.3. The number of ether oxygens (including phenoxy) is 2. The zero-order chi connectivity index (χ0) is 37.8. The van der Waals surface area contributed by atoms with Crippen molar-refractivity contribution in [1.29, 1.82) is 5.41 Å². The van der Waals surface area contributed by atoms with Crippen molar-refractivity contribution in [1.82, 2.24) is 26.6 Å². The topological polar surface area (TPSA) is 266 Å². The Morgan fingerprint density at radius 2 is 1.47 bits per heavy atom. The Kier molecular flexibility index (Phi) is 18.7. The number of carbonyl (C=O) groups excluding carboxylic acids is 5. The molecule has 0 aliphatic heterocycles. The lowest BCUT2D eigenvalue weighted by atomic mass is 10.0. The molecule has 0 bridgehead atoms. The molecule has 0 aliphatic carbocycles. The minimum absolute atomic E-state index is 0.112. The zero-order valence-corrected chi connectivity index (χ0v) is 30.1. The molecule has 51 heavy (non-hydrogen) atoms. The number of thioether (sulfide) groups is 1. The van der Waals surface area contributed by atoms with Crippen LogP contribution in [0.2, 0.25) is 0 Å². The van der Waals surface area contributed by atoms with Crippen LogP contribution in [-0.2, 0) is 36.8 Å². The van der Waals surface area contributed by atoms with E-state index in [0.29, 0.717) is 35.7 Å². The van der Waals surface area contributed by atoms with Crippen LogP contribution in [0.5, 0.6) is 11.5 Å². The predicted molar refractivity (Wildman–Crippen MR) is 196 cm³/mol. The molecule has 0 saturated heterocycles. The summed E-state index contributed by atoms with van der Waals surface area (Å²) in [5.41, 5.74) is 18.6. The van der Waals surface area contributed by atoms with Gasteiger partial charge in [-0.1, -0.05) is 43.3 Å². The third-order valence-corrected chi connectivity index (χ3v) is 8.56. The maximum Gasteiger partial charge on any atom is 0.243 e. The number of methoxy groups -OCH3 is 2. The molecule has 2 aromatic carbocycles. The van der Waals surface area contributed by atoms with Crippen LogP contribution in [0.4, 0.5) is 0 Å². The molecule has 17 heteroatoms. The van der Waals surface area contributed by atoms with Crippen LogP contribution in [0.3, 0.4) is 0 Å². The molecule has 0 unspecified atom stereocenters. The quantitative estimate of drug-likeness (QED) is 0.0391. The number of hydrogen-bond acceptors (Lipinski definition) is 10. The number of nitrogens with one attached hydrogen (secondary N) is 6. The minimum atomic E-state index is -1.09. The first-order valence-corrected chi connectivity index (χ1v) is 17.7. The van der Waals surface area contributed by atoms with E-state index in [-0.39, 0.29) is 31.8 Å². The Morgan fingerprint density at radius 3 is 2.10 bits per heavy atom. The second-order valence-electron chi connectivity index (χ2n) is 11.5. The van der Waals surface area contributed by atoms with E-state index >= 15 is 0 Å². The highest BCUT2D eigenvalue weighted by Crippen LogP contribution is 2.28. The standard InChI is InChI=1S/C34H51N9O7S/c1-4-51-16-14-24(30(36)45)42-33(48)26(18-21-9-6-5-7-10-21)41-29(44)20-40-32(47)25(11-8-15-39-34(37)38)43-31(46)23(35)17-22-12-13-27(49-2)28(19-22)50-3/h5-7,9-10,12-13,19,23-26H,4,8,11,14-18,20,35H2,1-3H3,(H2,36,45)(H,40,47)(H,41,44)(H,42,48)(H,43,46)(H4,37,38,39)/t23-,24-,25+,26-/m0/s1. The maximum atomic E-state index is 13.3. The lowest BCUT2D eigenvalue weighted by Crippen LogP contribution is -2.56. The van der Waals surface area contributed by atoms with Gasteiger partial charge in [0.2, 0.25) is 29.5 Å². The number of guanidine groups is 1. The fourth-order valence-electron chi connectivity index (χ4n) is 4.93. The van der Waals surface area contributed by atoms with E-state index in [9.17, 15) is 24.0 Å². The molecule has 12 N–H and O–H groups in total. The molecule has 0 saturated carbocycles. The van der Waals surface area contributed by atoms with Gasteiger partial charge in [0.1, 0.15) is 18.1 Å². The third kappa shape index (κ3) is 15.6. The fraction of sp³-hybridized carbons (Fsp3) is 0.471. The molecule has 2 rings (SSSR count). The number of carbonyl (C=O) groups is 5. The highest BCUT2D eigenvalue weighted by molar-refractivity contribution is 7.99. The summed E-state index contributed by atoms with van der Waals surface area (Å²) in [5.74, 6) is -1.04. The van der Waals surface area contributed by atoms with Crippen molar-refractivity contribution in [2.45, 2.75) is 63.2 Å². The van der Waals surface area contributed by atoms with Crippen LogP contribution in [0.25, 0.3) is 0 Å². The Balaban J connectivity index is 2.11. The van der Waals surface area contributed by atoms with E-state index in [0.717, 1.165) is 11.3 Å². The second kappa shape index (κ2) is 22.6. The summed E-state index contributed by atoms with van der Waals surface area (Å²) >= 11 is 1.60. The van der Waals surface area contributed by atoms with E-state index in [1.165, 1.54) is 14.2 Å². The van der Waals surface area contributed by atoms with Gasteiger partial charge in [0.25, 0.3) is 0 Å². The molecule has 0 radical (unpaired) electrons. The molecular formula is C34H51N9O7S. The lowest BCUT2D eigenvalue weighted by Gasteiger charge is -2.23. The first-order valence-electron chi connectivity index (χ1n) is 16.5. The normalized spacial score (nSPS) is 13.0. The minimum Gasteiger partial charge on any atom is -0.493 e. The summed E-state index contributed by atoms with van der Waals surface area (Å²) in [6, 6.07) is 10.0. The van der Waals surface area contributed by atoms with Gasteiger partial charge in [-0.15, -0.1) is 0 Å². The van der Waals surface area contributed by atoms with Crippen molar-refractivity contribution < 1.29 is 33.4 Å². The van der Waals surface area contributed by atoms with Gasteiger partial charge >= 0.3 is 0 Å². The number of nitrogens with two attached hydrogens (primary N) is 3. The summed E-state index contributed by atoms with van der Waals surface area (Å²) in [6.07, 6.45) is 1.04. The van der Waals surface area contributed by atoms with Crippen molar-refractivity contribution in [2.75, 3.05) is 38.8 Å². The van der Waals surface area contributed by atoms with Crippen LogP contribution in [0, 0.1) is 5.41 Å². The second-order valence-corrected chi connectivity index (χ2v) is 12.9. The van der Waals surface area contributed by atoms with Gasteiger partial charge in [-0.3, -0.25) is 29.4 Å². The molecule has 2 aromatic rings. The van der Waals surface area contributed by atoms with Crippen LogP contribution in [0.1, 0.15) is 37.3 Å². The van der Waals surface area contributed by atoms with Crippen molar-refractivity contribution >= 4 is 47.3 Å². The van der Waals surface area contributed by atoms with Crippen molar-refractivity contribution in [3.63, 3.8) is 0 Å². The molecule has 0 spiro atoms. The molecule has 0 heterocycles. The summed E-state index contributed by atoms with van der Waals surface area (Å²) in [5, 5.41) is 20.5. The van der Waals surface area contributed by atoms with Gasteiger partial charge in [0, 0.05) is 13.0 Å². The summed E-state index contributed by atoms with van der Waals surface area (Å²) in [6.45, 7) is 1.72. The SMILES string of the molecule is CCSCC[C@H](NC(=O)[C@H](Cc1ccccc1)NC(=O)CNC(=O)[C@@H](CCCNC(=N)N)NC(=O)[C@@H](N)Cc1ccc(OC)c(OC)c1)C(N)=O. The van der Waals surface area contributed by atoms with E-state index in [4.69, 9.17) is 32.1 Å². The van der Waals surface area contributed by atoms with Crippen molar-refractivity contribution in [2.24, 2.45) is 17.2 Å². The predicted octanol–water partition coefficient (Wildman–Crippen LogP) is -0.721. The average Bonchev–Trinajstić information content (AvgIpc) is 3.11. The number of rotatable bonds is 23. The Morgan fingerprint density at radius 1 is 0.784 bits per heavy atom. The largest absolute Gasteiger partial charge is 0.493 e. The molecular weight excluding hydrogens is 678 g/mol. The van der Waals surface area contributed by atoms with Gasteiger partial charge in [-0.05, 0) is 60.4 Å². The van der Waals surface area contributed by atoms with E-state index in [2.05, 4.69) is 26.6 Å². The number of hydrogen-bond donors (Lipinski definition) is 9. The fourth-order valence-corrected chi connectivity index (χ4v) is 5.62. The van der Waals surface area contributed by atoms with Crippen LogP contribution >= 0.6 is 11.8 Å². The molecule has 0 aromatic heterocycles. The van der Waals surface area contributed by atoms with E-state index in [1.54, 1.807) is 54.2 Å². The number of primary amides is 1. The summed E-state index contributed by atoms with van der Waals surface area (Å²) in [4.78, 5) is 64.9. The first kappa shape index (κ1) is 42.1. The average molecular weight is 730 g/mol. The molecule has 4 atom stereocenters. The molecule has 0 fully saturated rings. The molecule has 280 valence electrons. The monoisotopic (exact) mass is 729 g/mol. The van der Waals surface area contributed by atoms with Crippen LogP contribution < -0.4 is 53.3 Å². The number of amides is 5. The van der Waals surface area contributed by atoms with E-state index < -0.39 is 60.2 Å². The first-order chi connectivity index (χ1) is 24.4. The highest BCUT2D eigenvalue weighted by atomic mass is 32.2. The van der Waals surface area contributed by atoms with Crippen molar-refractivity contribution in [3.8, 4) is 11.5 Å². The van der Waals surface area contributed by atoms with Gasteiger partial charge < -0.3 is 53.3 Å². The summed E-state index contributed by atoms with van der Waals surface area (Å²) in [7, 11) is 3.00. The van der Waals surface area contributed by atoms with Gasteiger partial charge in [0.05, 0.1) is 26.8 Å².